The van der Waals surface area contributed by atoms with Crippen LogP contribution in [0.2, 0.25) is 0 Å². The Balaban J connectivity index is 1.73. The van der Waals surface area contributed by atoms with Crippen LogP contribution in [0.5, 0.6) is 0 Å². The maximum Gasteiger partial charge on any atom is 0.256 e. The van der Waals surface area contributed by atoms with Crippen molar-refractivity contribution < 1.29 is 4.79 Å². The van der Waals surface area contributed by atoms with Crippen LogP contribution in [0.3, 0.4) is 0 Å². The van der Waals surface area contributed by atoms with Crippen molar-refractivity contribution in [2.24, 2.45) is 0 Å². The van der Waals surface area contributed by atoms with Gasteiger partial charge in [-0.3, -0.25) is 4.79 Å². The SMILES string of the molecule is CCCCNCCCNC1c2ccccc2NC(=O)c2ccccc21. The molecule has 4 heteroatoms. The quantitative estimate of drug-likeness (QED) is 0.644. The van der Waals surface area contributed by atoms with E-state index in [0.717, 1.165) is 48.4 Å². The normalized spacial score (nSPS) is 15.9. The molecule has 2 aromatic rings. The third-order valence-electron chi connectivity index (χ3n) is 4.62. The van der Waals surface area contributed by atoms with Crippen LogP contribution >= 0.6 is 0 Å². The van der Waals surface area contributed by atoms with Gasteiger partial charge in [0.25, 0.3) is 5.91 Å². The van der Waals surface area contributed by atoms with Gasteiger partial charge in [0.15, 0.2) is 0 Å². The highest BCUT2D eigenvalue weighted by Crippen LogP contribution is 2.33. The molecule has 0 saturated carbocycles. The van der Waals surface area contributed by atoms with Gasteiger partial charge >= 0.3 is 0 Å². The van der Waals surface area contributed by atoms with Crippen molar-refractivity contribution in [3.05, 3.63) is 65.2 Å². The molecule has 0 aromatic heterocycles. The molecule has 1 unspecified atom stereocenters. The number of unbranched alkanes of at least 4 members (excludes halogenated alkanes) is 1. The van der Waals surface area contributed by atoms with Gasteiger partial charge in [-0.25, -0.2) is 0 Å². The molecular formula is C21H27N3O. The van der Waals surface area contributed by atoms with Crippen molar-refractivity contribution in [2.75, 3.05) is 25.0 Å². The monoisotopic (exact) mass is 337 g/mol. The van der Waals surface area contributed by atoms with E-state index in [2.05, 4.69) is 28.9 Å². The van der Waals surface area contributed by atoms with E-state index in [1.807, 2.05) is 42.5 Å². The summed E-state index contributed by atoms with van der Waals surface area (Å²) in [7, 11) is 0. The Morgan fingerprint density at radius 3 is 2.48 bits per heavy atom. The van der Waals surface area contributed by atoms with Gasteiger partial charge in [0.1, 0.15) is 0 Å². The first-order chi connectivity index (χ1) is 12.3. The number of anilines is 1. The minimum absolute atomic E-state index is 0.0296. The molecule has 1 aliphatic heterocycles. The van der Waals surface area contributed by atoms with Crippen molar-refractivity contribution in [2.45, 2.75) is 32.2 Å². The smallest absolute Gasteiger partial charge is 0.256 e. The molecular weight excluding hydrogens is 310 g/mol. The van der Waals surface area contributed by atoms with Crippen LogP contribution in [0.4, 0.5) is 5.69 Å². The summed E-state index contributed by atoms with van der Waals surface area (Å²) in [5.41, 5.74) is 3.81. The summed E-state index contributed by atoms with van der Waals surface area (Å²) in [6.07, 6.45) is 3.51. The third kappa shape index (κ3) is 4.27. The molecule has 4 nitrogen and oxygen atoms in total. The second-order valence-corrected chi connectivity index (χ2v) is 6.47. The molecule has 0 spiro atoms. The fourth-order valence-electron chi connectivity index (χ4n) is 3.28. The van der Waals surface area contributed by atoms with Gasteiger partial charge in [-0.1, -0.05) is 49.7 Å². The lowest BCUT2D eigenvalue weighted by atomic mass is 9.94. The van der Waals surface area contributed by atoms with Gasteiger partial charge in [0.05, 0.1) is 6.04 Å². The maximum atomic E-state index is 12.5. The lowest BCUT2D eigenvalue weighted by molar-refractivity contribution is 0.102. The lowest BCUT2D eigenvalue weighted by Crippen LogP contribution is -2.27. The van der Waals surface area contributed by atoms with E-state index in [-0.39, 0.29) is 11.9 Å². The molecule has 0 radical (unpaired) electrons. The summed E-state index contributed by atoms with van der Waals surface area (Å²) in [5, 5.41) is 10.2. The zero-order valence-corrected chi connectivity index (χ0v) is 14.8. The lowest BCUT2D eigenvalue weighted by Gasteiger charge is -2.21. The van der Waals surface area contributed by atoms with E-state index in [4.69, 9.17) is 0 Å². The number of fused-ring (bicyclic) bond motifs is 2. The average Bonchev–Trinajstić information content (AvgIpc) is 2.76. The van der Waals surface area contributed by atoms with E-state index in [1.54, 1.807) is 0 Å². The predicted molar refractivity (Wildman–Crippen MR) is 103 cm³/mol. The summed E-state index contributed by atoms with van der Waals surface area (Å²) in [4.78, 5) is 12.5. The van der Waals surface area contributed by atoms with Crippen LogP contribution in [-0.2, 0) is 0 Å². The Labute approximate surface area is 150 Å². The summed E-state index contributed by atoms with van der Waals surface area (Å²) in [6.45, 7) is 5.21. The highest BCUT2D eigenvalue weighted by Gasteiger charge is 2.26. The van der Waals surface area contributed by atoms with Crippen LogP contribution in [0, 0.1) is 0 Å². The van der Waals surface area contributed by atoms with Gasteiger partial charge in [-0.2, -0.15) is 0 Å². The number of carbonyl (C=O) groups is 1. The Bertz CT molecular complexity index is 714. The number of amides is 1. The number of nitrogens with one attached hydrogen (secondary N) is 3. The number of benzene rings is 2. The summed E-state index contributed by atoms with van der Waals surface area (Å²) in [6, 6.07) is 16.0. The molecule has 0 bridgehead atoms. The zero-order chi connectivity index (χ0) is 17.5. The van der Waals surface area contributed by atoms with Crippen molar-refractivity contribution in [3.8, 4) is 0 Å². The van der Waals surface area contributed by atoms with E-state index < -0.39 is 0 Å². The highest BCUT2D eigenvalue weighted by molar-refractivity contribution is 6.07. The molecule has 1 aliphatic rings. The number of carbonyl (C=O) groups excluding carboxylic acids is 1. The fourth-order valence-corrected chi connectivity index (χ4v) is 3.28. The van der Waals surface area contributed by atoms with Crippen molar-refractivity contribution in [3.63, 3.8) is 0 Å². The molecule has 0 aliphatic carbocycles. The Hall–Kier alpha value is -2.17. The van der Waals surface area contributed by atoms with Crippen LogP contribution < -0.4 is 16.0 Å². The molecule has 25 heavy (non-hydrogen) atoms. The van der Waals surface area contributed by atoms with E-state index in [9.17, 15) is 4.79 Å². The molecule has 0 saturated heterocycles. The predicted octanol–water partition coefficient (Wildman–Crippen LogP) is 3.71. The number of rotatable bonds is 8. The van der Waals surface area contributed by atoms with E-state index >= 15 is 0 Å². The number of para-hydroxylation sites is 1. The van der Waals surface area contributed by atoms with E-state index in [0.29, 0.717) is 0 Å². The van der Waals surface area contributed by atoms with Crippen molar-refractivity contribution in [1.29, 1.82) is 0 Å². The summed E-state index contributed by atoms with van der Waals surface area (Å²) in [5.74, 6) is -0.0337. The van der Waals surface area contributed by atoms with Gasteiger partial charge in [0.2, 0.25) is 0 Å². The first kappa shape index (κ1) is 17.6. The molecule has 132 valence electrons. The van der Waals surface area contributed by atoms with Gasteiger partial charge in [0, 0.05) is 11.3 Å². The zero-order valence-electron chi connectivity index (χ0n) is 14.8. The van der Waals surface area contributed by atoms with Crippen LogP contribution in [-0.4, -0.2) is 25.5 Å². The molecule has 1 heterocycles. The second-order valence-electron chi connectivity index (χ2n) is 6.47. The van der Waals surface area contributed by atoms with Crippen molar-refractivity contribution >= 4 is 11.6 Å². The number of hydrogen-bond acceptors (Lipinski definition) is 3. The standard InChI is InChI=1S/C21H27N3O/c1-2-3-13-22-14-8-15-23-20-16-9-4-5-10-17(16)21(25)24-19-12-7-6-11-18(19)20/h4-7,9-12,20,22-23H,2-3,8,13-15H2,1H3,(H,24,25). The summed E-state index contributed by atoms with van der Waals surface area (Å²) < 4.78 is 0. The minimum Gasteiger partial charge on any atom is -0.322 e. The minimum atomic E-state index is -0.0337. The topological polar surface area (TPSA) is 53.2 Å². The van der Waals surface area contributed by atoms with E-state index in [1.165, 1.54) is 12.8 Å². The van der Waals surface area contributed by atoms with Crippen molar-refractivity contribution in [1.82, 2.24) is 10.6 Å². The molecule has 2 aromatic carbocycles. The molecule has 3 rings (SSSR count). The number of hydrogen-bond donors (Lipinski definition) is 3. The fraction of sp³-hybridized carbons (Fsp3) is 0.381. The summed E-state index contributed by atoms with van der Waals surface area (Å²) >= 11 is 0. The first-order valence-corrected chi connectivity index (χ1v) is 9.24. The molecule has 1 atom stereocenters. The maximum absolute atomic E-state index is 12.5. The second kappa shape index (κ2) is 8.79. The van der Waals surface area contributed by atoms with Gasteiger partial charge in [-0.05, 0) is 55.7 Å². The highest BCUT2D eigenvalue weighted by atomic mass is 16.1. The average molecular weight is 337 g/mol. The van der Waals surface area contributed by atoms with Gasteiger partial charge < -0.3 is 16.0 Å². The van der Waals surface area contributed by atoms with Gasteiger partial charge in [-0.15, -0.1) is 0 Å². The Morgan fingerprint density at radius 2 is 1.64 bits per heavy atom. The first-order valence-electron chi connectivity index (χ1n) is 9.24. The van der Waals surface area contributed by atoms with Crippen LogP contribution in [0.1, 0.15) is 53.7 Å². The largest absolute Gasteiger partial charge is 0.322 e. The Kier molecular flexibility index (Phi) is 6.20. The molecule has 0 fully saturated rings. The molecule has 3 N–H and O–H groups in total. The van der Waals surface area contributed by atoms with Crippen LogP contribution in [0.25, 0.3) is 0 Å². The molecule has 1 amide bonds. The third-order valence-corrected chi connectivity index (χ3v) is 4.62. The van der Waals surface area contributed by atoms with Crippen LogP contribution in [0.15, 0.2) is 48.5 Å². The Morgan fingerprint density at radius 1 is 0.920 bits per heavy atom.